The summed E-state index contributed by atoms with van der Waals surface area (Å²) in [4.78, 5) is 10.8. The molecule has 0 amide bonds. The molecule has 0 spiro atoms. The molecule has 0 aliphatic heterocycles. The van der Waals surface area contributed by atoms with Gasteiger partial charge in [0.25, 0.3) is 0 Å². The van der Waals surface area contributed by atoms with E-state index in [1.54, 1.807) is 6.20 Å². The van der Waals surface area contributed by atoms with E-state index in [2.05, 4.69) is 51.5 Å². The molecule has 4 nitrogen and oxygen atoms in total. The second-order valence-electron chi connectivity index (χ2n) is 4.43. The quantitative estimate of drug-likeness (QED) is 0.862. The maximum absolute atomic E-state index is 4.48. The second-order valence-corrected chi connectivity index (χ2v) is 4.43. The van der Waals surface area contributed by atoms with E-state index in [0.29, 0.717) is 5.95 Å². The van der Waals surface area contributed by atoms with E-state index in [-0.39, 0.29) is 0 Å². The Morgan fingerprint density at radius 1 is 1.16 bits per heavy atom. The van der Waals surface area contributed by atoms with Crippen molar-refractivity contribution in [2.24, 2.45) is 0 Å². The first-order valence-corrected chi connectivity index (χ1v) is 6.61. The highest BCUT2D eigenvalue weighted by Gasteiger charge is 2.04. The molecule has 0 fully saturated rings. The van der Waals surface area contributed by atoms with Gasteiger partial charge in [-0.2, -0.15) is 4.98 Å². The molecule has 2 rings (SSSR count). The van der Waals surface area contributed by atoms with Crippen molar-refractivity contribution in [2.75, 3.05) is 30.4 Å². The smallest absolute Gasteiger partial charge is 0.224 e. The van der Waals surface area contributed by atoms with Crippen LogP contribution < -0.4 is 10.2 Å². The highest BCUT2D eigenvalue weighted by molar-refractivity contribution is 5.41. The van der Waals surface area contributed by atoms with Crippen LogP contribution >= 0.6 is 0 Å². The minimum Gasteiger partial charge on any atom is -0.359 e. The lowest BCUT2D eigenvalue weighted by Gasteiger charge is -2.18. The molecule has 100 valence electrons. The highest BCUT2D eigenvalue weighted by atomic mass is 15.2. The summed E-state index contributed by atoms with van der Waals surface area (Å²) in [6.45, 7) is 3.80. The first kappa shape index (κ1) is 13.3. The number of nitrogens with one attached hydrogen (secondary N) is 1. The lowest BCUT2D eigenvalue weighted by atomic mass is 10.1. The van der Waals surface area contributed by atoms with Gasteiger partial charge >= 0.3 is 0 Å². The summed E-state index contributed by atoms with van der Waals surface area (Å²) in [6.07, 6.45) is 2.80. The molecule has 0 unspecified atom stereocenters. The van der Waals surface area contributed by atoms with Gasteiger partial charge in [-0.1, -0.05) is 30.3 Å². The maximum Gasteiger partial charge on any atom is 0.224 e. The Morgan fingerprint density at radius 2 is 1.95 bits per heavy atom. The molecule has 0 aliphatic rings. The van der Waals surface area contributed by atoms with Gasteiger partial charge in [-0.3, -0.25) is 0 Å². The fourth-order valence-electron chi connectivity index (χ4n) is 1.86. The fourth-order valence-corrected chi connectivity index (χ4v) is 1.86. The van der Waals surface area contributed by atoms with E-state index in [1.807, 2.05) is 19.1 Å². The Balaban J connectivity index is 1.95. The molecule has 0 saturated heterocycles. The predicted octanol–water partition coefficient (Wildman–Crippen LogP) is 2.59. The van der Waals surface area contributed by atoms with Crippen LogP contribution in [0.25, 0.3) is 0 Å². The molecule has 19 heavy (non-hydrogen) atoms. The van der Waals surface area contributed by atoms with Crippen molar-refractivity contribution in [3.63, 3.8) is 0 Å². The van der Waals surface area contributed by atoms with Crippen molar-refractivity contribution in [3.8, 4) is 0 Å². The first-order chi connectivity index (χ1) is 9.29. The zero-order valence-electron chi connectivity index (χ0n) is 11.5. The lowest BCUT2D eigenvalue weighted by molar-refractivity contribution is 0.855. The SMILES string of the molecule is CCNc1nccc(N(C)CCc2ccccc2)n1. The molecule has 1 aromatic heterocycles. The topological polar surface area (TPSA) is 41.1 Å². The van der Waals surface area contributed by atoms with E-state index < -0.39 is 0 Å². The number of benzene rings is 1. The summed E-state index contributed by atoms with van der Waals surface area (Å²) in [6, 6.07) is 12.4. The number of aromatic nitrogens is 2. The average molecular weight is 256 g/mol. The van der Waals surface area contributed by atoms with Crippen LogP contribution in [-0.4, -0.2) is 30.1 Å². The standard InChI is InChI=1S/C15H20N4/c1-3-16-15-17-11-9-14(18-15)19(2)12-10-13-7-5-4-6-8-13/h4-9,11H,3,10,12H2,1-2H3,(H,16,17,18). The van der Waals surface area contributed by atoms with Gasteiger partial charge < -0.3 is 10.2 Å². The van der Waals surface area contributed by atoms with Crippen molar-refractivity contribution in [3.05, 3.63) is 48.2 Å². The van der Waals surface area contributed by atoms with Crippen LogP contribution in [0.2, 0.25) is 0 Å². The molecule has 0 radical (unpaired) electrons. The number of nitrogens with zero attached hydrogens (tertiary/aromatic N) is 3. The normalized spacial score (nSPS) is 10.2. The van der Waals surface area contributed by atoms with E-state index >= 15 is 0 Å². The van der Waals surface area contributed by atoms with Gasteiger partial charge in [0, 0.05) is 26.3 Å². The van der Waals surface area contributed by atoms with Gasteiger partial charge in [0.2, 0.25) is 5.95 Å². The van der Waals surface area contributed by atoms with Crippen LogP contribution in [0.15, 0.2) is 42.6 Å². The van der Waals surface area contributed by atoms with Crippen molar-refractivity contribution in [1.29, 1.82) is 0 Å². The molecule has 1 heterocycles. The Kier molecular flexibility index (Phi) is 4.72. The van der Waals surface area contributed by atoms with Crippen molar-refractivity contribution < 1.29 is 0 Å². The predicted molar refractivity (Wildman–Crippen MR) is 79.6 cm³/mol. The van der Waals surface area contributed by atoms with E-state index in [9.17, 15) is 0 Å². The largest absolute Gasteiger partial charge is 0.359 e. The van der Waals surface area contributed by atoms with Gasteiger partial charge in [0.1, 0.15) is 5.82 Å². The summed E-state index contributed by atoms with van der Waals surface area (Å²) >= 11 is 0. The highest BCUT2D eigenvalue weighted by Crippen LogP contribution is 2.11. The third kappa shape index (κ3) is 3.95. The second kappa shape index (κ2) is 6.73. The minimum atomic E-state index is 0.687. The van der Waals surface area contributed by atoms with Gasteiger partial charge in [0.15, 0.2) is 0 Å². The number of anilines is 2. The van der Waals surface area contributed by atoms with Crippen molar-refractivity contribution in [1.82, 2.24) is 9.97 Å². The summed E-state index contributed by atoms with van der Waals surface area (Å²) in [5.41, 5.74) is 1.34. The monoisotopic (exact) mass is 256 g/mol. The summed E-state index contributed by atoms with van der Waals surface area (Å²) in [5, 5.41) is 3.13. The molecular weight excluding hydrogens is 236 g/mol. The Morgan fingerprint density at radius 3 is 2.68 bits per heavy atom. The molecular formula is C15H20N4. The first-order valence-electron chi connectivity index (χ1n) is 6.61. The average Bonchev–Trinajstić information content (AvgIpc) is 2.46. The van der Waals surface area contributed by atoms with E-state index in [4.69, 9.17) is 0 Å². The van der Waals surface area contributed by atoms with E-state index in [0.717, 1.165) is 25.3 Å². The number of likely N-dealkylation sites (N-methyl/N-ethyl adjacent to an activating group) is 1. The summed E-state index contributed by atoms with van der Waals surface area (Å²) in [5.74, 6) is 1.63. The molecule has 1 aromatic carbocycles. The number of hydrogen-bond donors (Lipinski definition) is 1. The Hall–Kier alpha value is -2.10. The van der Waals surface area contributed by atoms with Crippen LogP contribution in [0.1, 0.15) is 12.5 Å². The number of rotatable bonds is 6. The molecule has 2 aromatic rings. The van der Waals surface area contributed by atoms with Crippen LogP contribution in [0, 0.1) is 0 Å². The fraction of sp³-hybridized carbons (Fsp3) is 0.333. The lowest BCUT2D eigenvalue weighted by Crippen LogP contribution is -2.22. The van der Waals surface area contributed by atoms with Crippen LogP contribution in [0.5, 0.6) is 0 Å². The molecule has 0 bridgehead atoms. The van der Waals surface area contributed by atoms with Gasteiger partial charge in [-0.25, -0.2) is 4.98 Å². The van der Waals surface area contributed by atoms with Gasteiger partial charge in [0.05, 0.1) is 0 Å². The van der Waals surface area contributed by atoms with Crippen molar-refractivity contribution >= 4 is 11.8 Å². The summed E-state index contributed by atoms with van der Waals surface area (Å²) in [7, 11) is 2.06. The van der Waals surface area contributed by atoms with Gasteiger partial charge in [-0.05, 0) is 25.0 Å². The van der Waals surface area contributed by atoms with Crippen LogP contribution in [0.3, 0.4) is 0 Å². The minimum absolute atomic E-state index is 0.687. The molecule has 0 saturated carbocycles. The molecule has 0 aliphatic carbocycles. The van der Waals surface area contributed by atoms with Crippen molar-refractivity contribution in [2.45, 2.75) is 13.3 Å². The number of hydrogen-bond acceptors (Lipinski definition) is 4. The van der Waals surface area contributed by atoms with E-state index in [1.165, 1.54) is 5.56 Å². The molecule has 4 heteroatoms. The zero-order valence-corrected chi connectivity index (χ0v) is 11.5. The summed E-state index contributed by atoms with van der Waals surface area (Å²) < 4.78 is 0. The molecule has 0 atom stereocenters. The maximum atomic E-state index is 4.48. The van der Waals surface area contributed by atoms with Crippen LogP contribution in [-0.2, 0) is 6.42 Å². The molecule has 1 N–H and O–H groups in total. The Labute approximate surface area is 114 Å². The third-order valence-electron chi connectivity index (χ3n) is 2.95. The third-order valence-corrected chi connectivity index (χ3v) is 2.95. The zero-order chi connectivity index (χ0) is 13.5. The van der Waals surface area contributed by atoms with Gasteiger partial charge in [-0.15, -0.1) is 0 Å². The Bertz CT molecular complexity index is 499. The van der Waals surface area contributed by atoms with Crippen LogP contribution in [0.4, 0.5) is 11.8 Å².